The van der Waals surface area contributed by atoms with E-state index >= 15 is 0 Å². The number of carbonyl (C=O) groups is 2. The van der Waals surface area contributed by atoms with Gasteiger partial charge in [0.25, 0.3) is 0 Å². The predicted molar refractivity (Wildman–Crippen MR) is 110 cm³/mol. The van der Waals surface area contributed by atoms with Gasteiger partial charge in [0.1, 0.15) is 5.75 Å². The molecule has 4 nitrogen and oxygen atoms in total. The van der Waals surface area contributed by atoms with Crippen LogP contribution in [-0.2, 0) is 0 Å². The molecule has 0 unspecified atom stereocenters. The highest BCUT2D eigenvalue weighted by Crippen LogP contribution is 2.36. The third-order valence-corrected chi connectivity index (χ3v) is 5.24. The van der Waals surface area contributed by atoms with E-state index in [1.54, 1.807) is 23.1 Å². The Morgan fingerprint density at radius 3 is 2.22 bits per heavy atom. The van der Waals surface area contributed by atoms with Gasteiger partial charge in [-0.3, -0.25) is 4.79 Å². The van der Waals surface area contributed by atoms with E-state index in [-0.39, 0.29) is 11.2 Å². The Hall–Kier alpha value is -2.79. The SMILES string of the molecule is CCN(CC)C(=O)Oc1cccc2cccc(SC(=O)c3ccccc3)c12. The molecule has 0 spiro atoms. The lowest BCUT2D eigenvalue weighted by atomic mass is 10.1. The maximum absolute atomic E-state index is 12.6. The van der Waals surface area contributed by atoms with Crippen molar-refractivity contribution < 1.29 is 14.3 Å². The summed E-state index contributed by atoms with van der Waals surface area (Å²) in [5.74, 6) is 0.466. The summed E-state index contributed by atoms with van der Waals surface area (Å²) >= 11 is 1.14. The second kappa shape index (κ2) is 8.73. The Bertz CT molecular complexity index is 947. The van der Waals surface area contributed by atoms with Crippen molar-refractivity contribution in [2.24, 2.45) is 0 Å². The number of benzene rings is 3. The number of nitrogens with zero attached hydrogens (tertiary/aromatic N) is 1. The fourth-order valence-corrected chi connectivity index (χ4v) is 3.74. The Balaban J connectivity index is 1.97. The molecule has 0 saturated carbocycles. The monoisotopic (exact) mass is 379 g/mol. The summed E-state index contributed by atoms with van der Waals surface area (Å²) in [6.45, 7) is 4.98. The topological polar surface area (TPSA) is 46.6 Å². The summed E-state index contributed by atoms with van der Waals surface area (Å²) in [5, 5.41) is 1.65. The molecule has 27 heavy (non-hydrogen) atoms. The van der Waals surface area contributed by atoms with Crippen LogP contribution in [0.2, 0.25) is 0 Å². The molecule has 0 atom stereocenters. The van der Waals surface area contributed by atoms with Crippen LogP contribution in [0.4, 0.5) is 4.79 Å². The quantitative estimate of drug-likeness (QED) is 0.540. The lowest BCUT2D eigenvalue weighted by Gasteiger charge is -2.19. The number of fused-ring (bicyclic) bond motifs is 1. The van der Waals surface area contributed by atoms with Gasteiger partial charge in [-0.15, -0.1) is 0 Å². The van der Waals surface area contributed by atoms with E-state index in [0.717, 1.165) is 27.4 Å². The molecule has 0 N–H and O–H groups in total. The second-order valence-electron chi connectivity index (χ2n) is 5.91. The molecule has 0 fully saturated rings. The van der Waals surface area contributed by atoms with Crippen molar-refractivity contribution in [3.8, 4) is 5.75 Å². The van der Waals surface area contributed by atoms with Crippen LogP contribution < -0.4 is 4.74 Å². The van der Waals surface area contributed by atoms with Crippen molar-refractivity contribution in [1.82, 2.24) is 4.90 Å². The van der Waals surface area contributed by atoms with Gasteiger partial charge < -0.3 is 9.64 Å². The van der Waals surface area contributed by atoms with E-state index < -0.39 is 0 Å². The van der Waals surface area contributed by atoms with Crippen LogP contribution in [0.25, 0.3) is 10.8 Å². The van der Waals surface area contributed by atoms with Crippen LogP contribution in [0.3, 0.4) is 0 Å². The first-order chi connectivity index (χ1) is 13.1. The van der Waals surface area contributed by atoms with Crippen LogP contribution in [0.15, 0.2) is 71.6 Å². The molecule has 0 aliphatic heterocycles. The van der Waals surface area contributed by atoms with E-state index in [1.165, 1.54) is 0 Å². The van der Waals surface area contributed by atoms with Crippen molar-refractivity contribution in [2.45, 2.75) is 18.7 Å². The third-order valence-electron chi connectivity index (χ3n) is 4.26. The van der Waals surface area contributed by atoms with Crippen LogP contribution >= 0.6 is 11.8 Å². The molecule has 3 rings (SSSR count). The van der Waals surface area contributed by atoms with E-state index in [0.29, 0.717) is 24.4 Å². The van der Waals surface area contributed by atoms with Gasteiger partial charge >= 0.3 is 6.09 Å². The first kappa shape index (κ1) is 19.0. The normalized spacial score (nSPS) is 10.6. The van der Waals surface area contributed by atoms with E-state index in [1.807, 2.05) is 62.4 Å². The highest BCUT2D eigenvalue weighted by Gasteiger charge is 2.17. The summed E-state index contributed by atoms with van der Waals surface area (Å²) < 4.78 is 5.66. The van der Waals surface area contributed by atoms with Gasteiger partial charge in [0, 0.05) is 28.9 Å². The Labute approximate surface area is 163 Å². The number of thioether (sulfide) groups is 1. The van der Waals surface area contributed by atoms with Crippen LogP contribution in [-0.4, -0.2) is 29.2 Å². The molecule has 1 amide bonds. The van der Waals surface area contributed by atoms with Gasteiger partial charge in [-0.1, -0.05) is 54.6 Å². The van der Waals surface area contributed by atoms with Crippen LogP contribution in [0.1, 0.15) is 24.2 Å². The summed E-state index contributed by atoms with van der Waals surface area (Å²) in [7, 11) is 0. The molecule has 3 aromatic carbocycles. The number of carbonyl (C=O) groups excluding carboxylic acids is 2. The molecule has 0 aliphatic rings. The molecule has 0 radical (unpaired) electrons. The highest BCUT2D eigenvalue weighted by atomic mass is 32.2. The van der Waals surface area contributed by atoms with E-state index in [2.05, 4.69) is 0 Å². The largest absolute Gasteiger partial charge is 0.415 e. The lowest BCUT2D eigenvalue weighted by molar-refractivity contribution is 0.108. The maximum Gasteiger partial charge on any atom is 0.415 e. The average molecular weight is 379 g/mol. The number of hydrogen-bond acceptors (Lipinski definition) is 4. The number of amides is 1. The molecule has 0 aliphatic carbocycles. The average Bonchev–Trinajstić information content (AvgIpc) is 2.70. The second-order valence-corrected chi connectivity index (χ2v) is 6.92. The smallest absolute Gasteiger partial charge is 0.409 e. The molecule has 0 aromatic heterocycles. The Morgan fingerprint density at radius 2 is 1.56 bits per heavy atom. The minimum absolute atomic E-state index is 0.0482. The molecular weight excluding hydrogens is 358 g/mol. The summed E-state index contributed by atoms with van der Waals surface area (Å²) in [5.41, 5.74) is 0.636. The van der Waals surface area contributed by atoms with Gasteiger partial charge in [0.2, 0.25) is 5.12 Å². The van der Waals surface area contributed by atoms with Crippen molar-refractivity contribution in [2.75, 3.05) is 13.1 Å². The highest BCUT2D eigenvalue weighted by molar-refractivity contribution is 8.14. The lowest BCUT2D eigenvalue weighted by Crippen LogP contribution is -2.33. The van der Waals surface area contributed by atoms with Gasteiger partial charge in [-0.25, -0.2) is 4.79 Å². The Morgan fingerprint density at radius 1 is 0.889 bits per heavy atom. The van der Waals surface area contributed by atoms with Crippen molar-refractivity contribution in [1.29, 1.82) is 0 Å². The molecule has 0 bridgehead atoms. The maximum atomic E-state index is 12.6. The minimum Gasteiger partial charge on any atom is -0.409 e. The zero-order valence-electron chi connectivity index (χ0n) is 15.3. The van der Waals surface area contributed by atoms with Gasteiger partial charge in [0.15, 0.2) is 0 Å². The standard InChI is InChI=1S/C22H21NO3S/c1-3-23(4-2)22(25)26-18-14-8-12-16-13-9-15-19(20(16)18)27-21(24)17-10-6-5-7-11-17/h5-15H,3-4H2,1-2H3. The Kier molecular flexibility index (Phi) is 6.14. The third kappa shape index (κ3) is 4.31. The van der Waals surface area contributed by atoms with E-state index in [4.69, 9.17) is 4.74 Å². The van der Waals surface area contributed by atoms with E-state index in [9.17, 15) is 9.59 Å². The number of ether oxygens (including phenoxy) is 1. The number of rotatable bonds is 5. The fourth-order valence-electron chi connectivity index (χ4n) is 2.82. The van der Waals surface area contributed by atoms with Crippen molar-refractivity contribution >= 4 is 33.7 Å². The van der Waals surface area contributed by atoms with Crippen LogP contribution in [0.5, 0.6) is 5.75 Å². The fraction of sp³-hybridized carbons (Fsp3) is 0.182. The summed E-state index contributed by atoms with van der Waals surface area (Å²) in [4.78, 5) is 27.4. The minimum atomic E-state index is -0.387. The zero-order chi connectivity index (χ0) is 19.2. The van der Waals surface area contributed by atoms with Gasteiger partial charge in [-0.2, -0.15) is 0 Å². The van der Waals surface area contributed by atoms with Crippen LogP contribution in [0, 0.1) is 0 Å². The molecule has 0 saturated heterocycles. The first-order valence-corrected chi connectivity index (χ1v) is 9.71. The predicted octanol–water partition coefficient (Wildman–Crippen LogP) is 5.61. The molecule has 0 heterocycles. The van der Waals surface area contributed by atoms with Crippen molar-refractivity contribution in [3.63, 3.8) is 0 Å². The van der Waals surface area contributed by atoms with Gasteiger partial charge in [0.05, 0.1) is 0 Å². The molecule has 5 heteroatoms. The molecule has 3 aromatic rings. The van der Waals surface area contributed by atoms with Crippen molar-refractivity contribution in [3.05, 3.63) is 72.3 Å². The molecule has 138 valence electrons. The first-order valence-electron chi connectivity index (χ1n) is 8.89. The molecular formula is C22H21NO3S. The summed E-state index contributed by atoms with van der Waals surface area (Å²) in [6.07, 6.45) is -0.387. The van der Waals surface area contributed by atoms with Gasteiger partial charge in [-0.05, 0) is 43.1 Å². The zero-order valence-corrected chi connectivity index (χ0v) is 16.2. The summed E-state index contributed by atoms with van der Waals surface area (Å²) in [6, 6.07) is 20.4. The number of hydrogen-bond donors (Lipinski definition) is 0.